The number of aromatic nitrogens is 9. The number of nitriles is 1. The Labute approximate surface area is 610 Å². The normalized spacial score (nSPS) is 14.0. The molecule has 104 heavy (non-hydrogen) atoms. The van der Waals surface area contributed by atoms with Crippen molar-refractivity contribution in [1.82, 2.24) is 53.8 Å². The fourth-order valence-corrected chi connectivity index (χ4v) is 12.2. The van der Waals surface area contributed by atoms with Crippen molar-refractivity contribution in [3.8, 4) is 23.1 Å². The molecule has 2 aliphatic rings. The van der Waals surface area contributed by atoms with E-state index in [1.54, 1.807) is 83.6 Å². The quantitative estimate of drug-likeness (QED) is 0.0469. The molecule has 532 valence electrons. The number of anilines is 6. The van der Waals surface area contributed by atoms with Gasteiger partial charge in [0.2, 0.25) is 17.8 Å². The second-order valence-electron chi connectivity index (χ2n) is 23.7. The number of carboxylic acids is 1. The van der Waals surface area contributed by atoms with Gasteiger partial charge in [-0.15, -0.1) is 12.4 Å². The highest BCUT2D eigenvalue weighted by molar-refractivity contribution is 6.36. The minimum atomic E-state index is -2.91. The van der Waals surface area contributed by atoms with Gasteiger partial charge in [0.1, 0.15) is 40.2 Å². The Kier molecular flexibility index (Phi) is 22.8. The number of nitrogens with zero attached hydrogens (tertiary/aromatic N) is 11. The molecule has 0 bridgehead atoms. The van der Waals surface area contributed by atoms with Gasteiger partial charge in [-0.1, -0.05) is 126 Å². The molecule has 0 radical (unpaired) electrons. The third kappa shape index (κ3) is 16.4. The molecule has 2 aliphatic heterocycles. The average Bonchev–Trinajstić information content (AvgIpc) is 0.809. The molecule has 14 rings (SSSR count). The second kappa shape index (κ2) is 31.7. The Morgan fingerprint density at radius 1 is 0.519 bits per heavy atom. The average molecular weight is 1490 g/mol. The van der Waals surface area contributed by atoms with Gasteiger partial charge in [-0.3, -0.25) is 32.9 Å². The molecule has 2 fully saturated rings. The number of para-hydroxylation sites is 3. The summed E-state index contributed by atoms with van der Waals surface area (Å²) in [4.78, 5) is 89.8. The maximum Gasteiger partial charge on any atom is 0.341 e. The van der Waals surface area contributed by atoms with Gasteiger partial charge in [0, 0.05) is 46.5 Å². The zero-order chi connectivity index (χ0) is 73.6. The molecule has 2 saturated heterocycles. The predicted molar refractivity (Wildman–Crippen MR) is 397 cm³/mol. The van der Waals surface area contributed by atoms with Crippen LogP contribution < -0.4 is 55.1 Å². The lowest BCUT2D eigenvalue weighted by atomic mass is 10.1. The Hall–Kier alpha value is -11.7. The monoisotopic (exact) mass is 1490 g/mol. The number of hydrogen-bond acceptors (Lipinski definition) is 19. The highest BCUT2D eigenvalue weighted by Crippen LogP contribution is 2.34. The molecular formula is C72H62Cl4F4N18O6. The van der Waals surface area contributed by atoms with E-state index in [0.29, 0.717) is 82.0 Å². The Bertz CT molecular complexity index is 5460. The molecule has 0 spiro atoms. The van der Waals surface area contributed by atoms with Crippen LogP contribution in [0.3, 0.4) is 0 Å². The topological polar surface area (TPSA) is 351 Å². The van der Waals surface area contributed by atoms with Crippen LogP contribution in [-0.4, -0.2) is 104 Å². The van der Waals surface area contributed by atoms with Crippen molar-refractivity contribution < 1.29 is 32.3 Å². The number of benzene rings is 6. The third-order valence-electron chi connectivity index (χ3n) is 16.4. The van der Waals surface area contributed by atoms with Gasteiger partial charge in [-0.25, -0.2) is 37.3 Å². The molecule has 32 heteroatoms. The Morgan fingerprint density at radius 3 is 1.17 bits per heavy atom. The number of nitrogens with two attached hydrogens (primary N) is 3. The van der Waals surface area contributed by atoms with Gasteiger partial charge in [0.05, 0.1) is 81.7 Å². The summed E-state index contributed by atoms with van der Waals surface area (Å²) < 4.78 is 54.4. The van der Waals surface area contributed by atoms with Crippen LogP contribution in [0.4, 0.5) is 52.9 Å². The Morgan fingerprint density at radius 2 is 0.846 bits per heavy atom. The van der Waals surface area contributed by atoms with Crippen LogP contribution in [0.15, 0.2) is 197 Å². The van der Waals surface area contributed by atoms with Gasteiger partial charge >= 0.3 is 5.97 Å². The molecule has 0 aliphatic carbocycles. The standard InChI is InChI=1S/C25H21ClF2N6O2.C22H17ClN6O.C22H18ClN5O3.C3H5F2N.ClH/c1-14(31-21-17(11-30-24(29)32-21)22(35)33-12-25(27,28)13-33)19-10-15-6-5-9-18(26)20(15)23(36)34(19)16-7-3-2-4-8-16;1-13(27-20-15(11-24)12-26-22(25)28-20)18-10-14-6-5-9-17(23)19(14)21(30)29(18)16-7-3-2-4-8-16;1-12(26-19-15(21(30)31)11-25-22(24)27-19)17-10-13-6-5-9-16(23)18(13)20(29)28(17)14-7-3-2-4-8-14;4-3(5)1-6-2-3;/h2-11,14H,12-13H2,1H3,(H3,29,30,31,32);2-10,12-13H,1H3,(H3,25,26,27,28);2-12H,1H3,(H,30,31)(H3,24,25,26,27);6H,1-2H2;1H/t14-;13-;12-;;/m000../s1. The van der Waals surface area contributed by atoms with Crippen molar-refractivity contribution in [3.05, 3.63) is 262 Å². The summed E-state index contributed by atoms with van der Waals surface area (Å²) in [7, 11) is 0. The lowest BCUT2D eigenvalue weighted by Crippen LogP contribution is -2.58. The second-order valence-corrected chi connectivity index (χ2v) is 24.9. The SMILES string of the molecule is C[C@H](Nc1nc(N)ncc1C#N)c1cc2cccc(Cl)c2c(=O)n1-c1ccccc1.C[C@H](Nc1nc(N)ncc1C(=O)N1CC(F)(F)C1)c1cc2cccc(Cl)c2c(=O)n1-c1ccccc1.C[C@H](Nc1nc(N)ncc1C(=O)O)c1cc2cccc(Cl)c2c(=O)n1-c1ccccc1.Cl.FC1(F)CNC1. The number of carbonyl (C=O) groups is 2. The molecule has 12 aromatic rings. The van der Waals surface area contributed by atoms with Crippen molar-refractivity contribution in [1.29, 1.82) is 5.26 Å². The molecule has 8 heterocycles. The van der Waals surface area contributed by atoms with Gasteiger partial charge in [-0.2, -0.15) is 20.2 Å². The Balaban J connectivity index is 0.000000160. The lowest BCUT2D eigenvalue weighted by molar-refractivity contribution is -0.113. The number of aromatic carboxylic acids is 1. The summed E-state index contributed by atoms with van der Waals surface area (Å²) in [6.45, 7) is 3.85. The number of halogens is 8. The number of amides is 1. The number of carbonyl (C=O) groups excluding carboxylic acids is 1. The lowest BCUT2D eigenvalue weighted by Gasteiger charge is -2.38. The number of hydrogen-bond donors (Lipinski definition) is 8. The van der Waals surface area contributed by atoms with Crippen molar-refractivity contribution in [2.75, 3.05) is 59.3 Å². The van der Waals surface area contributed by atoms with Gasteiger partial charge in [-0.05, 0) is 110 Å². The number of nitrogen functional groups attached to an aromatic ring is 3. The van der Waals surface area contributed by atoms with Crippen molar-refractivity contribution in [2.24, 2.45) is 0 Å². The van der Waals surface area contributed by atoms with Crippen LogP contribution in [0.1, 0.15) is 82.3 Å². The summed E-state index contributed by atoms with van der Waals surface area (Å²) >= 11 is 19.0. The summed E-state index contributed by atoms with van der Waals surface area (Å²) in [5.41, 5.74) is 20.2. The summed E-state index contributed by atoms with van der Waals surface area (Å²) in [6.07, 6.45) is 3.71. The molecule has 6 aromatic heterocycles. The zero-order valence-corrected chi connectivity index (χ0v) is 58.2. The van der Waals surface area contributed by atoms with Gasteiger partial charge < -0.3 is 48.5 Å². The molecular weight excluding hydrogens is 1430 g/mol. The highest BCUT2D eigenvalue weighted by atomic mass is 35.5. The summed E-state index contributed by atoms with van der Waals surface area (Å²) in [6, 6.07) is 49.4. The fourth-order valence-electron chi connectivity index (χ4n) is 11.4. The summed E-state index contributed by atoms with van der Waals surface area (Å²) in [5, 5.41) is 35.0. The minimum absolute atomic E-state index is 0. The van der Waals surface area contributed by atoms with E-state index in [1.807, 2.05) is 116 Å². The molecule has 1 amide bonds. The van der Waals surface area contributed by atoms with Crippen LogP contribution in [0.2, 0.25) is 15.1 Å². The molecule has 3 atom stereocenters. The predicted octanol–water partition coefficient (Wildman–Crippen LogP) is 12.9. The first-order chi connectivity index (χ1) is 49.2. The first kappa shape index (κ1) is 74.9. The van der Waals surface area contributed by atoms with Crippen molar-refractivity contribution >= 4 is 127 Å². The zero-order valence-electron chi connectivity index (χ0n) is 55.1. The highest BCUT2D eigenvalue weighted by Gasteiger charge is 2.47. The maximum absolute atomic E-state index is 13.6. The first-order valence-corrected chi connectivity index (χ1v) is 32.6. The maximum atomic E-state index is 13.6. The van der Waals surface area contributed by atoms with Crippen molar-refractivity contribution in [2.45, 2.75) is 50.7 Å². The van der Waals surface area contributed by atoms with Crippen LogP contribution in [0.25, 0.3) is 49.4 Å². The van der Waals surface area contributed by atoms with Gasteiger partial charge in [0.25, 0.3) is 34.4 Å². The molecule has 6 aromatic carbocycles. The van der Waals surface area contributed by atoms with E-state index >= 15 is 0 Å². The van der Waals surface area contributed by atoms with Crippen LogP contribution in [0.5, 0.6) is 0 Å². The van der Waals surface area contributed by atoms with Crippen LogP contribution >= 0.6 is 47.2 Å². The number of rotatable bonds is 14. The molecule has 0 unspecified atom stereocenters. The number of pyridine rings is 3. The van der Waals surface area contributed by atoms with Gasteiger partial charge in [0.15, 0.2) is 0 Å². The summed E-state index contributed by atoms with van der Waals surface area (Å²) in [5.74, 6) is -6.80. The number of nitrogens with one attached hydrogen (secondary N) is 4. The number of likely N-dealkylation sites (tertiary alicyclic amines) is 1. The number of alkyl halides is 4. The third-order valence-corrected chi connectivity index (χ3v) is 17.4. The van der Waals surface area contributed by atoms with E-state index in [-0.39, 0.29) is 94.4 Å². The van der Waals surface area contributed by atoms with E-state index in [9.17, 15) is 51.9 Å². The van der Waals surface area contributed by atoms with Crippen LogP contribution in [-0.2, 0) is 0 Å². The van der Waals surface area contributed by atoms with E-state index in [0.717, 1.165) is 16.5 Å². The first-order valence-electron chi connectivity index (χ1n) is 31.5. The largest absolute Gasteiger partial charge is 0.477 e. The van der Waals surface area contributed by atoms with E-state index in [4.69, 9.17) is 52.0 Å². The van der Waals surface area contributed by atoms with Crippen molar-refractivity contribution in [3.63, 3.8) is 0 Å². The fraction of sp³-hybridized carbons (Fsp3) is 0.167. The molecule has 24 nitrogen and oxygen atoms in total. The van der Waals surface area contributed by atoms with E-state index < -0.39 is 48.9 Å². The van der Waals surface area contributed by atoms with E-state index in [1.165, 1.54) is 17.0 Å². The number of fused-ring (bicyclic) bond motifs is 3. The minimum Gasteiger partial charge on any atom is -0.477 e. The molecule has 0 saturated carbocycles. The van der Waals surface area contributed by atoms with E-state index in [2.05, 4.69) is 51.2 Å². The number of carboxylic acid groups (broad SMARTS) is 1. The van der Waals surface area contributed by atoms with Crippen LogP contribution in [0, 0.1) is 11.3 Å². The molecule has 11 N–H and O–H groups in total. The smallest absolute Gasteiger partial charge is 0.341 e.